The zero-order valence-corrected chi connectivity index (χ0v) is 19.1. The van der Waals surface area contributed by atoms with E-state index in [1.54, 1.807) is 18.1 Å². The summed E-state index contributed by atoms with van der Waals surface area (Å²) < 4.78 is 0. The number of likely N-dealkylation sites (N-methyl/N-ethyl adjacent to an activating group) is 1. The van der Waals surface area contributed by atoms with Crippen LogP contribution >= 0.6 is 0 Å². The minimum atomic E-state index is -0.0715. The van der Waals surface area contributed by atoms with Crippen molar-refractivity contribution in [2.24, 2.45) is 0 Å². The molecule has 2 heterocycles. The number of amides is 1. The van der Waals surface area contributed by atoms with Crippen LogP contribution in [0.4, 0.5) is 0 Å². The number of benzene rings is 1. The number of aryl methyl sites for hydroxylation is 1. The van der Waals surface area contributed by atoms with Crippen molar-refractivity contribution in [2.45, 2.75) is 38.0 Å². The van der Waals surface area contributed by atoms with Gasteiger partial charge < -0.3 is 10.0 Å². The quantitative estimate of drug-likeness (QED) is 0.649. The van der Waals surface area contributed by atoms with Crippen molar-refractivity contribution in [1.29, 1.82) is 0 Å². The Balaban J connectivity index is 1.45. The van der Waals surface area contributed by atoms with Crippen LogP contribution in [0.2, 0.25) is 0 Å². The number of fused-ring (bicyclic) bond motifs is 2. The summed E-state index contributed by atoms with van der Waals surface area (Å²) in [6, 6.07) is 10.1. The van der Waals surface area contributed by atoms with Gasteiger partial charge in [-0.25, -0.2) is 9.97 Å². The third-order valence-electron chi connectivity index (χ3n) is 6.83. The van der Waals surface area contributed by atoms with Crippen molar-refractivity contribution in [3.8, 4) is 11.3 Å². The van der Waals surface area contributed by atoms with Crippen LogP contribution in [0.5, 0.6) is 0 Å². The van der Waals surface area contributed by atoms with Gasteiger partial charge >= 0.3 is 0 Å². The summed E-state index contributed by atoms with van der Waals surface area (Å²) in [5, 5.41) is 9.19. The molecule has 6 heteroatoms. The smallest absolute Gasteiger partial charge is 0.253 e. The predicted octanol–water partition coefficient (Wildman–Crippen LogP) is 3.97. The molecule has 1 fully saturated rings. The summed E-state index contributed by atoms with van der Waals surface area (Å²) >= 11 is 0. The molecule has 0 unspecified atom stereocenters. The minimum absolute atomic E-state index is 0.0470. The molecule has 168 valence electrons. The van der Waals surface area contributed by atoms with E-state index in [-0.39, 0.29) is 17.9 Å². The van der Waals surface area contributed by atoms with Crippen molar-refractivity contribution in [1.82, 2.24) is 19.9 Å². The average Bonchev–Trinajstić information content (AvgIpc) is 3.64. The monoisotopic (exact) mass is 440 g/mol. The maximum Gasteiger partial charge on any atom is 0.253 e. The van der Waals surface area contributed by atoms with E-state index < -0.39 is 0 Å². The van der Waals surface area contributed by atoms with E-state index in [2.05, 4.69) is 27.1 Å². The second kappa shape index (κ2) is 8.52. The molecule has 1 spiro atoms. The second-order valence-corrected chi connectivity index (χ2v) is 9.23. The van der Waals surface area contributed by atoms with Gasteiger partial charge in [0.25, 0.3) is 5.91 Å². The molecule has 33 heavy (non-hydrogen) atoms. The number of rotatable bonds is 5. The number of carbonyl (C=O) groups is 1. The van der Waals surface area contributed by atoms with E-state index >= 15 is 0 Å². The lowest BCUT2D eigenvalue weighted by atomic mass is 9.88. The highest BCUT2D eigenvalue weighted by atomic mass is 16.3. The van der Waals surface area contributed by atoms with Crippen molar-refractivity contribution in [3.05, 3.63) is 83.1 Å². The van der Waals surface area contributed by atoms with Gasteiger partial charge in [0.1, 0.15) is 0 Å². The van der Waals surface area contributed by atoms with Gasteiger partial charge in [0.15, 0.2) is 5.82 Å². The Morgan fingerprint density at radius 3 is 2.61 bits per heavy atom. The molecule has 5 rings (SSSR count). The van der Waals surface area contributed by atoms with Crippen LogP contribution in [-0.4, -0.2) is 51.1 Å². The fourth-order valence-corrected chi connectivity index (χ4v) is 4.68. The van der Waals surface area contributed by atoms with Crippen LogP contribution in [0.3, 0.4) is 0 Å². The number of carbonyl (C=O) groups excluding carboxylic acids is 1. The molecular formula is C27H28N4O2. The molecular weight excluding hydrogens is 412 g/mol. The highest BCUT2D eigenvalue weighted by molar-refractivity contribution is 5.94. The fraction of sp³-hybridized carbons (Fsp3) is 0.333. The largest absolute Gasteiger partial charge is 0.395 e. The summed E-state index contributed by atoms with van der Waals surface area (Å²) in [5.41, 5.74) is 7.37. The summed E-state index contributed by atoms with van der Waals surface area (Å²) in [6.07, 6.45) is 11.8. The van der Waals surface area contributed by atoms with Crippen LogP contribution in [0.1, 0.15) is 52.1 Å². The van der Waals surface area contributed by atoms with Gasteiger partial charge in [0, 0.05) is 49.7 Å². The molecule has 0 radical (unpaired) electrons. The first-order valence-electron chi connectivity index (χ1n) is 11.4. The lowest BCUT2D eigenvalue weighted by Gasteiger charge is -2.19. The Morgan fingerprint density at radius 2 is 1.91 bits per heavy atom. The van der Waals surface area contributed by atoms with E-state index in [1.807, 2.05) is 43.6 Å². The molecule has 2 aliphatic carbocycles. The molecule has 0 bridgehead atoms. The zero-order valence-electron chi connectivity index (χ0n) is 19.1. The van der Waals surface area contributed by atoms with E-state index in [0.717, 1.165) is 34.6 Å². The third-order valence-corrected chi connectivity index (χ3v) is 6.83. The van der Waals surface area contributed by atoms with E-state index in [1.165, 1.54) is 24.0 Å². The van der Waals surface area contributed by atoms with Crippen LogP contribution in [0.25, 0.3) is 16.8 Å². The number of aliphatic hydroxyl groups excluding tert-OH is 1. The van der Waals surface area contributed by atoms with Gasteiger partial charge in [-0.3, -0.25) is 9.78 Å². The van der Waals surface area contributed by atoms with Gasteiger partial charge in [0.2, 0.25) is 0 Å². The van der Waals surface area contributed by atoms with Gasteiger partial charge in [0.05, 0.1) is 12.3 Å². The molecule has 2 aromatic heterocycles. The number of aliphatic hydroxyl groups is 1. The van der Waals surface area contributed by atoms with Crippen LogP contribution in [0.15, 0.2) is 55.0 Å². The molecule has 6 nitrogen and oxygen atoms in total. The maximum absolute atomic E-state index is 12.8. The lowest BCUT2D eigenvalue weighted by molar-refractivity contribution is 0.0767. The molecule has 1 amide bonds. The Labute approximate surface area is 194 Å². The van der Waals surface area contributed by atoms with Gasteiger partial charge in [-0.15, -0.1) is 0 Å². The molecule has 1 saturated carbocycles. The minimum Gasteiger partial charge on any atom is -0.395 e. The number of nitrogens with zero attached hydrogens (tertiary/aromatic N) is 4. The van der Waals surface area contributed by atoms with Crippen LogP contribution in [-0.2, 0) is 11.8 Å². The highest BCUT2D eigenvalue weighted by Gasteiger charge is 2.45. The lowest BCUT2D eigenvalue weighted by Crippen LogP contribution is -2.29. The van der Waals surface area contributed by atoms with Gasteiger partial charge in [-0.2, -0.15) is 0 Å². The highest BCUT2D eigenvalue weighted by Crippen LogP contribution is 2.54. The standard InChI is InChI=1S/C27H28N4O2/c1-18-6-10-28-24(13-18)22-16-29-25(30-17-22)19-5-7-27(8-9-27)23-4-3-20(15-21(23)14-19)26(33)31(2)11-12-32/h3-6,10,13,15-17,32H,7-9,11-12,14H2,1-2H3. The Bertz CT molecular complexity index is 1230. The average molecular weight is 441 g/mol. The first-order valence-corrected chi connectivity index (χ1v) is 11.4. The summed E-state index contributed by atoms with van der Waals surface area (Å²) in [4.78, 5) is 28.1. The van der Waals surface area contributed by atoms with E-state index in [4.69, 9.17) is 0 Å². The van der Waals surface area contributed by atoms with Gasteiger partial charge in [-0.1, -0.05) is 12.1 Å². The van der Waals surface area contributed by atoms with Crippen molar-refractivity contribution in [3.63, 3.8) is 0 Å². The topological polar surface area (TPSA) is 79.2 Å². The van der Waals surface area contributed by atoms with E-state index in [9.17, 15) is 9.90 Å². The summed E-state index contributed by atoms with van der Waals surface area (Å²) in [5.74, 6) is 0.655. The maximum atomic E-state index is 12.8. The molecule has 1 N–H and O–H groups in total. The van der Waals surface area contributed by atoms with Crippen molar-refractivity contribution < 1.29 is 9.90 Å². The molecule has 0 aliphatic heterocycles. The Kier molecular flexibility index (Phi) is 5.54. The summed E-state index contributed by atoms with van der Waals surface area (Å²) in [7, 11) is 1.72. The van der Waals surface area contributed by atoms with Crippen LogP contribution < -0.4 is 0 Å². The normalized spacial score (nSPS) is 16.0. The number of hydrogen-bond acceptors (Lipinski definition) is 5. The third kappa shape index (κ3) is 4.18. The summed E-state index contributed by atoms with van der Waals surface area (Å²) in [6.45, 7) is 2.32. The fourth-order valence-electron chi connectivity index (χ4n) is 4.68. The second-order valence-electron chi connectivity index (χ2n) is 9.23. The van der Waals surface area contributed by atoms with E-state index in [0.29, 0.717) is 18.5 Å². The SMILES string of the molecule is Cc1ccnc(-c2cnc(C3=CCC4(CC4)c4ccc(C(=O)N(C)CCO)cc4C3)nc2)c1. The van der Waals surface area contributed by atoms with Crippen molar-refractivity contribution in [2.75, 3.05) is 20.2 Å². The van der Waals surface area contributed by atoms with Crippen molar-refractivity contribution >= 4 is 11.5 Å². The molecule has 0 atom stereocenters. The first kappa shape index (κ1) is 21.5. The molecule has 2 aliphatic rings. The first-order chi connectivity index (χ1) is 16.0. The number of allylic oxidation sites excluding steroid dienone is 2. The molecule has 0 saturated heterocycles. The Morgan fingerprint density at radius 1 is 1.12 bits per heavy atom. The predicted molar refractivity (Wildman–Crippen MR) is 128 cm³/mol. The molecule has 3 aromatic rings. The number of hydrogen-bond donors (Lipinski definition) is 1. The Hall–Kier alpha value is -3.38. The molecule has 1 aromatic carbocycles. The zero-order chi connectivity index (χ0) is 23.0. The van der Waals surface area contributed by atoms with Gasteiger partial charge in [-0.05, 0) is 78.1 Å². The number of aromatic nitrogens is 3. The number of pyridine rings is 1. The van der Waals surface area contributed by atoms with Crippen LogP contribution in [0, 0.1) is 6.92 Å².